The molecule has 1 N–H and O–H groups in total. The summed E-state index contributed by atoms with van der Waals surface area (Å²) in [6.45, 7) is 3.18. The van der Waals surface area contributed by atoms with Crippen LogP contribution in [0.2, 0.25) is 15.1 Å². The Bertz CT molecular complexity index is 657. The number of rotatable bonds is 7. The van der Waals surface area contributed by atoms with Crippen LogP contribution in [0, 0.1) is 0 Å². The number of benzene rings is 2. The monoisotopic (exact) mass is 373 g/mol. The van der Waals surface area contributed by atoms with Crippen molar-refractivity contribution in [2.75, 3.05) is 19.0 Å². The molecule has 0 heterocycles. The maximum absolute atomic E-state index is 6.31. The Kier molecular flexibility index (Phi) is 6.70. The van der Waals surface area contributed by atoms with E-state index in [9.17, 15) is 0 Å². The summed E-state index contributed by atoms with van der Waals surface area (Å²) >= 11 is 18.3. The third-order valence-electron chi connectivity index (χ3n) is 3.10. The van der Waals surface area contributed by atoms with Crippen LogP contribution < -0.4 is 14.8 Å². The Labute approximate surface area is 151 Å². The van der Waals surface area contributed by atoms with Gasteiger partial charge in [-0.25, -0.2) is 0 Å². The highest BCUT2D eigenvalue weighted by molar-refractivity contribution is 6.35. The molecule has 2 aromatic rings. The molecule has 0 bridgehead atoms. The quantitative estimate of drug-likeness (QED) is 0.639. The highest BCUT2D eigenvalue weighted by Crippen LogP contribution is 2.36. The highest BCUT2D eigenvalue weighted by atomic mass is 35.5. The fourth-order valence-electron chi connectivity index (χ4n) is 2.08. The van der Waals surface area contributed by atoms with Crippen molar-refractivity contribution in [3.8, 4) is 11.5 Å². The van der Waals surface area contributed by atoms with Gasteiger partial charge in [0.25, 0.3) is 0 Å². The summed E-state index contributed by atoms with van der Waals surface area (Å²) in [5.41, 5.74) is 1.80. The zero-order chi connectivity index (χ0) is 16.8. The number of methoxy groups -OCH3 is 1. The largest absolute Gasteiger partial charge is 0.493 e. The molecule has 0 aliphatic carbocycles. The molecule has 0 unspecified atom stereocenters. The van der Waals surface area contributed by atoms with Crippen LogP contribution in [-0.4, -0.2) is 13.7 Å². The van der Waals surface area contributed by atoms with Gasteiger partial charge in [-0.2, -0.15) is 0 Å². The lowest BCUT2D eigenvalue weighted by Gasteiger charge is -2.14. The summed E-state index contributed by atoms with van der Waals surface area (Å²) in [5.74, 6) is 1.19. The van der Waals surface area contributed by atoms with E-state index >= 15 is 0 Å². The molecule has 2 rings (SSSR count). The lowest BCUT2D eigenvalue weighted by atomic mass is 10.2. The van der Waals surface area contributed by atoms with Crippen molar-refractivity contribution in [3.05, 3.63) is 51.0 Å². The van der Waals surface area contributed by atoms with Crippen LogP contribution in [0.15, 0.2) is 30.3 Å². The third-order valence-corrected chi connectivity index (χ3v) is 3.82. The zero-order valence-corrected chi connectivity index (χ0v) is 15.2. The van der Waals surface area contributed by atoms with Gasteiger partial charge in [-0.05, 0) is 42.3 Å². The molecule has 0 saturated carbocycles. The molecule has 0 spiro atoms. The van der Waals surface area contributed by atoms with E-state index < -0.39 is 0 Å². The molecule has 0 atom stereocenters. The normalized spacial score (nSPS) is 10.5. The highest BCUT2D eigenvalue weighted by Gasteiger charge is 2.12. The van der Waals surface area contributed by atoms with Gasteiger partial charge in [0.2, 0.25) is 0 Å². The van der Waals surface area contributed by atoms with Gasteiger partial charge in [0.05, 0.1) is 18.7 Å². The van der Waals surface area contributed by atoms with Crippen molar-refractivity contribution in [1.29, 1.82) is 0 Å². The van der Waals surface area contributed by atoms with Gasteiger partial charge < -0.3 is 14.8 Å². The van der Waals surface area contributed by atoms with E-state index in [1.165, 1.54) is 0 Å². The Balaban J connectivity index is 2.15. The molecule has 0 amide bonds. The Morgan fingerprint density at radius 3 is 2.30 bits per heavy atom. The summed E-state index contributed by atoms with van der Waals surface area (Å²) < 4.78 is 11.0. The summed E-state index contributed by atoms with van der Waals surface area (Å²) in [6, 6.07) is 9.06. The SMILES string of the molecule is CCCOc1c(Cl)cc(CNc2cc(Cl)cc(Cl)c2)cc1OC. The number of hydrogen-bond donors (Lipinski definition) is 1. The lowest BCUT2D eigenvalue weighted by Crippen LogP contribution is -2.03. The maximum Gasteiger partial charge on any atom is 0.179 e. The molecule has 0 fully saturated rings. The van der Waals surface area contributed by atoms with E-state index in [1.54, 1.807) is 13.2 Å². The van der Waals surface area contributed by atoms with Crippen LogP contribution in [0.5, 0.6) is 11.5 Å². The number of anilines is 1. The van der Waals surface area contributed by atoms with Gasteiger partial charge in [-0.15, -0.1) is 0 Å². The molecule has 0 radical (unpaired) electrons. The van der Waals surface area contributed by atoms with Gasteiger partial charge in [0, 0.05) is 22.3 Å². The van der Waals surface area contributed by atoms with E-state index in [-0.39, 0.29) is 0 Å². The second kappa shape index (κ2) is 8.53. The molecule has 124 valence electrons. The Morgan fingerprint density at radius 2 is 1.70 bits per heavy atom. The van der Waals surface area contributed by atoms with Crippen LogP contribution >= 0.6 is 34.8 Å². The minimum absolute atomic E-state index is 0.527. The van der Waals surface area contributed by atoms with Crippen molar-refractivity contribution < 1.29 is 9.47 Å². The average molecular weight is 375 g/mol. The van der Waals surface area contributed by atoms with Gasteiger partial charge in [0.15, 0.2) is 11.5 Å². The number of halogens is 3. The van der Waals surface area contributed by atoms with Gasteiger partial charge in [-0.1, -0.05) is 41.7 Å². The van der Waals surface area contributed by atoms with Crippen molar-refractivity contribution >= 4 is 40.5 Å². The first-order valence-electron chi connectivity index (χ1n) is 7.22. The van der Waals surface area contributed by atoms with E-state index in [0.717, 1.165) is 17.7 Å². The first kappa shape index (κ1) is 18.1. The first-order chi connectivity index (χ1) is 11.0. The summed E-state index contributed by atoms with van der Waals surface area (Å²) in [6.07, 6.45) is 0.901. The summed E-state index contributed by atoms with van der Waals surface area (Å²) in [5, 5.41) is 4.95. The van der Waals surface area contributed by atoms with Crippen molar-refractivity contribution in [1.82, 2.24) is 0 Å². The van der Waals surface area contributed by atoms with Crippen LogP contribution in [0.4, 0.5) is 5.69 Å². The second-order valence-corrected chi connectivity index (χ2v) is 6.25. The average Bonchev–Trinajstić information content (AvgIpc) is 2.50. The molecule has 0 aliphatic rings. The predicted molar refractivity (Wildman–Crippen MR) is 97.6 cm³/mol. The smallest absolute Gasteiger partial charge is 0.179 e. The van der Waals surface area contributed by atoms with Crippen molar-refractivity contribution in [3.63, 3.8) is 0 Å². The molecule has 6 heteroatoms. The van der Waals surface area contributed by atoms with Crippen molar-refractivity contribution in [2.45, 2.75) is 19.9 Å². The summed E-state index contributed by atoms with van der Waals surface area (Å²) in [7, 11) is 1.60. The second-order valence-electron chi connectivity index (χ2n) is 4.97. The maximum atomic E-state index is 6.31. The van der Waals surface area contributed by atoms with Gasteiger partial charge in [-0.3, -0.25) is 0 Å². The molecule has 2 aromatic carbocycles. The fourth-order valence-corrected chi connectivity index (χ4v) is 2.89. The molecule has 0 aliphatic heterocycles. The van der Waals surface area contributed by atoms with Crippen molar-refractivity contribution in [2.24, 2.45) is 0 Å². The van der Waals surface area contributed by atoms with Gasteiger partial charge >= 0.3 is 0 Å². The van der Waals surface area contributed by atoms with E-state index in [4.69, 9.17) is 44.3 Å². The summed E-state index contributed by atoms with van der Waals surface area (Å²) in [4.78, 5) is 0. The minimum atomic E-state index is 0.527. The van der Waals surface area contributed by atoms with Crippen LogP contribution in [-0.2, 0) is 6.54 Å². The lowest BCUT2D eigenvalue weighted by molar-refractivity contribution is 0.294. The number of nitrogens with one attached hydrogen (secondary N) is 1. The van der Waals surface area contributed by atoms with Crippen LogP contribution in [0.1, 0.15) is 18.9 Å². The number of ether oxygens (including phenoxy) is 2. The molecule has 0 aromatic heterocycles. The van der Waals surface area contributed by atoms with E-state index in [2.05, 4.69) is 5.32 Å². The standard InChI is InChI=1S/C17H18Cl3NO2/c1-3-4-23-17-15(20)5-11(6-16(17)22-2)10-21-14-8-12(18)7-13(19)9-14/h5-9,21H,3-4,10H2,1-2H3. The Hall–Kier alpha value is -1.29. The van der Waals surface area contributed by atoms with E-state index in [0.29, 0.717) is 39.7 Å². The zero-order valence-electron chi connectivity index (χ0n) is 13.0. The molecular weight excluding hydrogens is 357 g/mol. The first-order valence-corrected chi connectivity index (χ1v) is 8.36. The van der Waals surface area contributed by atoms with Gasteiger partial charge in [0.1, 0.15) is 0 Å². The predicted octanol–water partition coefficient (Wildman–Crippen LogP) is 6.06. The minimum Gasteiger partial charge on any atom is -0.493 e. The van der Waals surface area contributed by atoms with Crippen LogP contribution in [0.3, 0.4) is 0 Å². The number of hydrogen-bond acceptors (Lipinski definition) is 3. The Morgan fingerprint density at radius 1 is 1.00 bits per heavy atom. The molecular formula is C17H18Cl3NO2. The topological polar surface area (TPSA) is 30.5 Å². The molecule has 3 nitrogen and oxygen atoms in total. The van der Waals surface area contributed by atoms with Crippen LogP contribution in [0.25, 0.3) is 0 Å². The fraction of sp³-hybridized carbons (Fsp3) is 0.294. The van der Waals surface area contributed by atoms with E-state index in [1.807, 2.05) is 31.2 Å². The molecule has 0 saturated heterocycles. The molecule has 23 heavy (non-hydrogen) atoms. The third kappa shape index (κ3) is 5.10.